The molecule has 0 unspecified atom stereocenters. The van der Waals surface area contributed by atoms with Gasteiger partial charge in [0.1, 0.15) is 5.69 Å². The molecule has 17 heavy (non-hydrogen) atoms. The van der Waals surface area contributed by atoms with Gasteiger partial charge >= 0.3 is 5.38 Å². The van der Waals surface area contributed by atoms with E-state index in [1.807, 2.05) is 0 Å². The minimum atomic E-state index is -3.61. The van der Waals surface area contributed by atoms with E-state index in [1.54, 1.807) is 5.38 Å². The first kappa shape index (κ1) is 10.9. The molecule has 11 heteroatoms. The number of nitrogens with zero attached hydrogens (tertiary/aromatic N) is 6. The molecular weight excluding hydrogens is 294 g/mol. The van der Waals surface area contributed by atoms with Crippen LogP contribution in [0.5, 0.6) is 0 Å². The molecule has 0 atom stereocenters. The van der Waals surface area contributed by atoms with Crippen molar-refractivity contribution in [1.82, 2.24) is 29.4 Å². The van der Waals surface area contributed by atoms with Gasteiger partial charge in [-0.1, -0.05) is 15.8 Å². The van der Waals surface area contributed by atoms with Gasteiger partial charge in [0.2, 0.25) is 10.8 Å². The SMILES string of the molecule is FC(F)(Cl)c1nnc2sc(-c3csnn3)nn12. The van der Waals surface area contributed by atoms with E-state index in [4.69, 9.17) is 11.6 Å². The first-order valence-corrected chi connectivity index (χ1v) is 6.15. The summed E-state index contributed by atoms with van der Waals surface area (Å²) in [7, 11) is 0. The number of hydrogen-bond acceptors (Lipinski definition) is 7. The molecule has 3 aromatic rings. The van der Waals surface area contributed by atoms with E-state index >= 15 is 0 Å². The minimum Gasteiger partial charge on any atom is -0.179 e. The van der Waals surface area contributed by atoms with Gasteiger partial charge in [-0.15, -0.1) is 15.3 Å². The molecule has 0 spiro atoms. The average molecular weight is 295 g/mol. The third-order valence-electron chi connectivity index (χ3n) is 1.82. The molecule has 0 saturated heterocycles. The molecule has 0 aliphatic carbocycles. The first-order chi connectivity index (χ1) is 8.05. The fourth-order valence-corrected chi connectivity index (χ4v) is 2.58. The van der Waals surface area contributed by atoms with Crippen LogP contribution in [0.1, 0.15) is 5.82 Å². The third kappa shape index (κ3) is 1.77. The highest BCUT2D eigenvalue weighted by Gasteiger charge is 2.35. The maximum atomic E-state index is 13.0. The van der Waals surface area contributed by atoms with Crippen LogP contribution in [0.3, 0.4) is 0 Å². The topological polar surface area (TPSA) is 68.9 Å². The average Bonchev–Trinajstić information content (AvgIpc) is 2.90. The molecule has 0 amide bonds. The lowest BCUT2D eigenvalue weighted by atomic mass is 10.5. The van der Waals surface area contributed by atoms with E-state index < -0.39 is 11.2 Å². The fraction of sp³-hybridized carbons (Fsp3) is 0.167. The lowest BCUT2D eigenvalue weighted by Crippen LogP contribution is -2.10. The van der Waals surface area contributed by atoms with Crippen molar-refractivity contribution in [3.8, 4) is 10.7 Å². The standard InChI is InChI=1S/C6HClF2N6S2/c7-6(8,9)4-11-12-5-15(4)13-3(17-5)2-1-16-14-10-2/h1H. The summed E-state index contributed by atoms with van der Waals surface area (Å²) in [5, 5.41) is 13.1. The molecule has 0 saturated carbocycles. The van der Waals surface area contributed by atoms with Crippen LogP contribution in [0.4, 0.5) is 8.78 Å². The smallest absolute Gasteiger partial charge is 0.179 e. The molecule has 6 nitrogen and oxygen atoms in total. The Morgan fingerprint density at radius 3 is 2.76 bits per heavy atom. The highest BCUT2D eigenvalue weighted by molar-refractivity contribution is 7.20. The Morgan fingerprint density at radius 2 is 2.12 bits per heavy atom. The van der Waals surface area contributed by atoms with Crippen LogP contribution in [-0.2, 0) is 5.38 Å². The van der Waals surface area contributed by atoms with Gasteiger partial charge < -0.3 is 0 Å². The highest BCUT2D eigenvalue weighted by atomic mass is 35.5. The second kappa shape index (κ2) is 3.62. The number of alkyl halides is 3. The summed E-state index contributed by atoms with van der Waals surface area (Å²) in [6, 6.07) is 0. The zero-order valence-corrected chi connectivity index (χ0v) is 10.1. The summed E-state index contributed by atoms with van der Waals surface area (Å²) in [5.74, 6) is -0.708. The van der Waals surface area contributed by atoms with Gasteiger partial charge in [0.25, 0.3) is 0 Å². The second-order valence-corrected chi connectivity index (χ2v) is 4.95. The summed E-state index contributed by atoms with van der Waals surface area (Å²) in [4.78, 5) is 0.225. The third-order valence-corrected chi connectivity index (χ3v) is 3.42. The molecule has 3 aromatic heterocycles. The number of aromatic nitrogens is 6. The Bertz CT molecular complexity index is 656. The van der Waals surface area contributed by atoms with Crippen molar-refractivity contribution in [2.24, 2.45) is 0 Å². The first-order valence-electron chi connectivity index (χ1n) is 4.12. The van der Waals surface area contributed by atoms with Gasteiger partial charge in [0.15, 0.2) is 5.01 Å². The van der Waals surface area contributed by atoms with Crippen molar-refractivity contribution in [2.45, 2.75) is 5.38 Å². The minimum absolute atomic E-state index is 0.225. The predicted octanol–water partition coefficient (Wildman–Crippen LogP) is 1.99. The number of halogens is 3. The summed E-state index contributed by atoms with van der Waals surface area (Å²) in [6.07, 6.45) is 0. The molecule has 3 rings (SSSR count). The molecule has 0 aliphatic rings. The molecule has 0 aromatic carbocycles. The zero-order valence-electron chi connectivity index (χ0n) is 7.71. The van der Waals surface area contributed by atoms with Crippen molar-refractivity contribution < 1.29 is 8.78 Å². The molecule has 88 valence electrons. The monoisotopic (exact) mass is 294 g/mol. The summed E-state index contributed by atoms with van der Waals surface area (Å²) in [5.41, 5.74) is 0.509. The van der Waals surface area contributed by atoms with Gasteiger partial charge in [0.05, 0.1) is 0 Å². The Balaban J connectivity index is 2.18. The lowest BCUT2D eigenvalue weighted by molar-refractivity contribution is 0.0821. The molecule has 0 aliphatic heterocycles. The van der Waals surface area contributed by atoms with Gasteiger partial charge in [-0.3, -0.25) is 0 Å². The molecule has 0 bridgehead atoms. The quantitative estimate of drug-likeness (QED) is 0.676. The Labute approximate surface area is 105 Å². The lowest BCUT2D eigenvalue weighted by Gasteiger charge is -2.01. The molecule has 0 N–H and O–H groups in total. The molecule has 0 radical (unpaired) electrons. The summed E-state index contributed by atoms with van der Waals surface area (Å²) >= 11 is 7.12. The van der Waals surface area contributed by atoms with Crippen molar-refractivity contribution >= 4 is 39.4 Å². The summed E-state index contributed by atoms with van der Waals surface area (Å²) < 4.78 is 30.5. The number of rotatable bonds is 2. The number of fused-ring (bicyclic) bond motifs is 1. The Kier molecular flexibility index (Phi) is 2.31. The largest absolute Gasteiger partial charge is 0.383 e. The second-order valence-electron chi connectivity index (χ2n) is 2.91. The van der Waals surface area contributed by atoms with Crippen molar-refractivity contribution in [3.05, 3.63) is 11.2 Å². The maximum absolute atomic E-state index is 13.0. The van der Waals surface area contributed by atoms with Crippen LogP contribution in [-0.4, -0.2) is 29.4 Å². The molecule has 3 heterocycles. The van der Waals surface area contributed by atoms with Gasteiger partial charge in [-0.2, -0.15) is 18.4 Å². The van der Waals surface area contributed by atoms with Crippen molar-refractivity contribution in [1.29, 1.82) is 0 Å². The van der Waals surface area contributed by atoms with E-state index in [0.29, 0.717) is 10.7 Å². The predicted molar refractivity (Wildman–Crippen MR) is 57.3 cm³/mol. The van der Waals surface area contributed by atoms with Crippen LogP contribution in [0.25, 0.3) is 15.7 Å². The van der Waals surface area contributed by atoms with Crippen molar-refractivity contribution in [2.75, 3.05) is 0 Å². The van der Waals surface area contributed by atoms with E-state index in [1.165, 1.54) is 0 Å². The van der Waals surface area contributed by atoms with Gasteiger partial charge in [-0.05, 0) is 23.1 Å². The van der Waals surface area contributed by atoms with Crippen LogP contribution in [0, 0.1) is 0 Å². The Morgan fingerprint density at radius 1 is 1.29 bits per heavy atom. The van der Waals surface area contributed by atoms with Crippen LogP contribution in [0.2, 0.25) is 0 Å². The van der Waals surface area contributed by atoms with E-state index in [9.17, 15) is 8.78 Å². The van der Waals surface area contributed by atoms with E-state index in [2.05, 4.69) is 24.9 Å². The summed E-state index contributed by atoms with van der Waals surface area (Å²) in [6.45, 7) is 0. The molecular formula is C6HClF2N6S2. The van der Waals surface area contributed by atoms with Gasteiger partial charge in [-0.25, -0.2) is 0 Å². The maximum Gasteiger partial charge on any atom is 0.383 e. The fourth-order valence-electron chi connectivity index (χ4n) is 1.16. The van der Waals surface area contributed by atoms with E-state index in [0.717, 1.165) is 27.4 Å². The van der Waals surface area contributed by atoms with Crippen LogP contribution >= 0.6 is 34.5 Å². The van der Waals surface area contributed by atoms with Gasteiger partial charge in [0, 0.05) is 5.38 Å². The number of hydrogen-bond donors (Lipinski definition) is 0. The van der Waals surface area contributed by atoms with E-state index in [-0.39, 0.29) is 4.96 Å². The molecule has 0 fully saturated rings. The zero-order chi connectivity index (χ0) is 12.0. The highest BCUT2D eigenvalue weighted by Crippen LogP contribution is 2.33. The van der Waals surface area contributed by atoms with Crippen molar-refractivity contribution in [3.63, 3.8) is 0 Å². The Hall–Kier alpha value is -1.26. The normalized spacial score (nSPS) is 12.4. The van der Waals surface area contributed by atoms with Crippen LogP contribution < -0.4 is 0 Å². The van der Waals surface area contributed by atoms with Crippen LogP contribution in [0.15, 0.2) is 5.38 Å².